The number of thioether (sulfide) groups is 1. The second-order valence-corrected chi connectivity index (χ2v) is 7.29. The van der Waals surface area contributed by atoms with E-state index in [4.69, 9.17) is 0 Å². The molecule has 0 fully saturated rings. The minimum Gasteiger partial charge on any atom is -0.325 e. The van der Waals surface area contributed by atoms with Crippen molar-refractivity contribution in [2.24, 2.45) is 0 Å². The van der Waals surface area contributed by atoms with Crippen LogP contribution in [0.15, 0.2) is 72.1 Å². The zero-order valence-electron chi connectivity index (χ0n) is 14.6. The summed E-state index contributed by atoms with van der Waals surface area (Å²) in [5.74, 6) is 0.538. The summed E-state index contributed by atoms with van der Waals surface area (Å²) in [6, 6.07) is 17.6. The lowest BCUT2D eigenvalue weighted by Gasteiger charge is -2.12. The minimum atomic E-state index is -0.346. The summed E-state index contributed by atoms with van der Waals surface area (Å²) in [6.07, 6.45) is 3.42. The lowest BCUT2D eigenvalue weighted by molar-refractivity contribution is -0.115. The van der Waals surface area contributed by atoms with Gasteiger partial charge in [-0.3, -0.25) is 14.9 Å². The van der Waals surface area contributed by atoms with Gasteiger partial charge in [0.05, 0.1) is 5.25 Å². The molecule has 0 aliphatic carbocycles. The molecule has 0 unspecified atom stereocenters. The van der Waals surface area contributed by atoms with Crippen molar-refractivity contribution in [3.8, 4) is 11.4 Å². The number of hydrogen-bond donors (Lipinski definition) is 2. The van der Waals surface area contributed by atoms with Crippen LogP contribution < -0.4 is 5.32 Å². The van der Waals surface area contributed by atoms with Gasteiger partial charge in [0.15, 0.2) is 5.82 Å². The molecule has 6 nitrogen and oxygen atoms in total. The molecule has 1 amide bonds. The van der Waals surface area contributed by atoms with Gasteiger partial charge in [0, 0.05) is 29.0 Å². The molecule has 0 saturated carbocycles. The molecule has 4 aromatic rings. The number of aromatic nitrogens is 4. The summed E-state index contributed by atoms with van der Waals surface area (Å²) >= 11 is 1.31. The molecule has 2 N–H and O–H groups in total. The molecule has 0 bridgehead atoms. The molecule has 0 radical (unpaired) electrons. The van der Waals surface area contributed by atoms with Crippen LogP contribution in [-0.4, -0.2) is 31.3 Å². The van der Waals surface area contributed by atoms with Gasteiger partial charge in [0.1, 0.15) is 0 Å². The molecular weight excluding hydrogens is 358 g/mol. The van der Waals surface area contributed by atoms with Gasteiger partial charge in [0.2, 0.25) is 11.1 Å². The highest BCUT2D eigenvalue weighted by atomic mass is 32.2. The fraction of sp³-hybridized carbons (Fsp3) is 0.100. The first-order valence-electron chi connectivity index (χ1n) is 8.49. The first kappa shape index (κ1) is 17.2. The summed E-state index contributed by atoms with van der Waals surface area (Å²) in [6.45, 7) is 1.84. The number of carbonyl (C=O) groups excluding carboxylic acids is 1. The Hall–Kier alpha value is -3.19. The molecular formula is C20H17N5OS. The Labute approximate surface area is 160 Å². The molecule has 134 valence electrons. The lowest BCUT2D eigenvalue weighted by Crippen LogP contribution is -2.22. The zero-order chi connectivity index (χ0) is 18.6. The van der Waals surface area contributed by atoms with E-state index in [1.54, 1.807) is 12.4 Å². The first-order valence-corrected chi connectivity index (χ1v) is 9.37. The molecule has 2 aromatic heterocycles. The Morgan fingerprint density at radius 1 is 1.11 bits per heavy atom. The predicted octanol–water partition coefficient (Wildman–Crippen LogP) is 4.14. The molecule has 4 rings (SSSR count). The zero-order valence-corrected chi connectivity index (χ0v) is 15.4. The Bertz CT molecular complexity index is 1070. The van der Waals surface area contributed by atoms with Gasteiger partial charge < -0.3 is 5.32 Å². The first-order chi connectivity index (χ1) is 13.2. The fourth-order valence-corrected chi connectivity index (χ4v) is 3.44. The fourth-order valence-electron chi connectivity index (χ4n) is 2.71. The van der Waals surface area contributed by atoms with Gasteiger partial charge in [-0.05, 0) is 30.5 Å². The Balaban J connectivity index is 1.46. The van der Waals surface area contributed by atoms with Crippen molar-refractivity contribution in [3.63, 3.8) is 0 Å². The molecule has 2 heterocycles. The molecule has 0 aliphatic heterocycles. The van der Waals surface area contributed by atoms with E-state index in [0.29, 0.717) is 11.0 Å². The topological polar surface area (TPSA) is 83.6 Å². The van der Waals surface area contributed by atoms with Crippen molar-refractivity contribution in [2.45, 2.75) is 17.3 Å². The van der Waals surface area contributed by atoms with Crippen LogP contribution in [-0.2, 0) is 4.79 Å². The van der Waals surface area contributed by atoms with Crippen LogP contribution >= 0.6 is 11.8 Å². The highest BCUT2D eigenvalue weighted by Gasteiger charge is 2.18. The van der Waals surface area contributed by atoms with Crippen molar-refractivity contribution in [2.75, 3.05) is 5.32 Å². The van der Waals surface area contributed by atoms with Crippen LogP contribution in [0.25, 0.3) is 22.2 Å². The highest BCUT2D eigenvalue weighted by Crippen LogP contribution is 2.26. The normalized spacial score (nSPS) is 12.0. The largest absolute Gasteiger partial charge is 0.325 e. The third-order valence-corrected chi connectivity index (χ3v) is 5.06. The van der Waals surface area contributed by atoms with Gasteiger partial charge >= 0.3 is 0 Å². The number of nitrogens with zero attached hydrogens (tertiary/aromatic N) is 3. The number of anilines is 1. The van der Waals surface area contributed by atoms with E-state index in [1.807, 2.05) is 61.5 Å². The molecule has 1 atom stereocenters. The smallest absolute Gasteiger partial charge is 0.237 e. The van der Waals surface area contributed by atoms with E-state index < -0.39 is 0 Å². The van der Waals surface area contributed by atoms with Crippen molar-refractivity contribution < 1.29 is 4.79 Å². The summed E-state index contributed by atoms with van der Waals surface area (Å²) in [5.41, 5.74) is 1.65. The average molecular weight is 375 g/mol. The van der Waals surface area contributed by atoms with Gasteiger partial charge in [-0.15, -0.1) is 5.10 Å². The molecule has 0 spiro atoms. The number of H-pyrrole nitrogens is 1. The third-order valence-electron chi connectivity index (χ3n) is 4.10. The van der Waals surface area contributed by atoms with Crippen molar-refractivity contribution in [1.82, 2.24) is 20.2 Å². The number of hydrogen-bond acceptors (Lipinski definition) is 5. The van der Waals surface area contributed by atoms with Gasteiger partial charge in [-0.1, -0.05) is 48.2 Å². The van der Waals surface area contributed by atoms with Crippen molar-refractivity contribution in [3.05, 3.63) is 67.0 Å². The maximum atomic E-state index is 12.6. The number of carbonyl (C=O) groups is 1. The Morgan fingerprint density at radius 3 is 2.81 bits per heavy atom. The maximum absolute atomic E-state index is 12.6. The minimum absolute atomic E-state index is 0.0934. The molecule has 2 aromatic carbocycles. The van der Waals surface area contributed by atoms with E-state index in [-0.39, 0.29) is 11.2 Å². The number of pyridine rings is 1. The maximum Gasteiger partial charge on any atom is 0.237 e. The van der Waals surface area contributed by atoms with Crippen molar-refractivity contribution >= 4 is 34.1 Å². The van der Waals surface area contributed by atoms with E-state index >= 15 is 0 Å². The number of benzene rings is 2. The monoisotopic (exact) mass is 375 g/mol. The molecule has 0 saturated heterocycles. The molecule has 0 aliphatic rings. The van der Waals surface area contributed by atoms with E-state index in [1.165, 1.54) is 11.8 Å². The summed E-state index contributed by atoms with van der Waals surface area (Å²) < 4.78 is 0. The quantitative estimate of drug-likeness (QED) is 0.512. The van der Waals surface area contributed by atoms with Crippen LogP contribution in [0.1, 0.15) is 6.92 Å². The number of rotatable bonds is 5. The number of aromatic amines is 1. The van der Waals surface area contributed by atoms with Gasteiger partial charge in [0.25, 0.3) is 0 Å². The van der Waals surface area contributed by atoms with Gasteiger partial charge in [-0.25, -0.2) is 4.98 Å². The van der Waals surface area contributed by atoms with Gasteiger partial charge in [-0.2, -0.15) is 0 Å². The third kappa shape index (κ3) is 3.83. The van der Waals surface area contributed by atoms with Crippen LogP contribution in [0.5, 0.6) is 0 Å². The van der Waals surface area contributed by atoms with E-state index in [0.717, 1.165) is 22.0 Å². The average Bonchev–Trinajstić information content (AvgIpc) is 3.17. The van der Waals surface area contributed by atoms with Crippen molar-refractivity contribution in [1.29, 1.82) is 0 Å². The SMILES string of the molecule is C[C@H](Sc1n[nH]c(-c2cccnc2)n1)C(=O)Nc1cccc2ccccc12. The van der Waals surface area contributed by atoms with E-state index in [2.05, 4.69) is 25.5 Å². The Kier molecular flexibility index (Phi) is 4.84. The summed E-state index contributed by atoms with van der Waals surface area (Å²) in [7, 11) is 0. The van der Waals surface area contributed by atoms with E-state index in [9.17, 15) is 4.79 Å². The number of fused-ring (bicyclic) bond motifs is 1. The molecule has 7 heteroatoms. The summed E-state index contributed by atoms with van der Waals surface area (Å²) in [5, 5.41) is 12.4. The Morgan fingerprint density at radius 2 is 1.96 bits per heavy atom. The second kappa shape index (κ2) is 7.59. The molecule has 27 heavy (non-hydrogen) atoms. The van der Waals surface area contributed by atoms with Crippen LogP contribution in [0.3, 0.4) is 0 Å². The highest BCUT2D eigenvalue weighted by molar-refractivity contribution is 8.00. The standard InChI is InChI=1S/C20H17N5OS/c1-13(27-20-23-18(24-25-20)15-8-5-11-21-12-15)19(26)22-17-10-4-7-14-6-2-3-9-16(14)17/h2-13H,1H3,(H,22,26)(H,23,24,25)/t13-/m0/s1. The number of nitrogens with one attached hydrogen (secondary N) is 2. The van der Waals surface area contributed by atoms with Crippen LogP contribution in [0, 0.1) is 0 Å². The number of amides is 1. The second-order valence-electron chi connectivity index (χ2n) is 5.98. The van der Waals surface area contributed by atoms with Crippen LogP contribution in [0.4, 0.5) is 5.69 Å². The lowest BCUT2D eigenvalue weighted by atomic mass is 10.1. The summed E-state index contributed by atoms with van der Waals surface area (Å²) in [4.78, 5) is 21.1. The van der Waals surface area contributed by atoms with Crippen LogP contribution in [0.2, 0.25) is 0 Å². The predicted molar refractivity (Wildman–Crippen MR) is 108 cm³/mol.